The highest BCUT2D eigenvalue weighted by Gasteiger charge is 2.31. The lowest BCUT2D eigenvalue weighted by molar-refractivity contribution is 0.00410. The molecule has 0 fully saturated rings. The first-order valence-corrected chi connectivity index (χ1v) is 8.42. The van der Waals surface area contributed by atoms with Crippen molar-refractivity contribution in [2.45, 2.75) is 17.4 Å². The molecule has 0 aliphatic carbocycles. The van der Waals surface area contributed by atoms with Crippen molar-refractivity contribution in [2.24, 2.45) is 0 Å². The summed E-state index contributed by atoms with van der Waals surface area (Å²) in [5.74, 6) is -2.59. The monoisotopic (exact) mass is 359 g/mol. The summed E-state index contributed by atoms with van der Waals surface area (Å²) in [7, 11) is -2.89. The number of benzene rings is 2. The molecule has 0 saturated carbocycles. The number of hydrogen-bond donors (Lipinski definition) is 1. The molecule has 2 rings (SSSR count). The van der Waals surface area contributed by atoms with Gasteiger partial charge in [-0.05, 0) is 25.1 Å². The summed E-state index contributed by atoms with van der Waals surface area (Å²) < 4.78 is 72.3. The maximum atomic E-state index is 14.0. The van der Waals surface area contributed by atoms with Crippen LogP contribution in [0.15, 0.2) is 47.4 Å². The van der Waals surface area contributed by atoms with Crippen LogP contribution in [-0.2, 0) is 20.4 Å². The smallest absolute Gasteiger partial charge is 0.240 e. The molecule has 4 nitrogen and oxygen atoms in total. The van der Waals surface area contributed by atoms with Crippen LogP contribution in [0.3, 0.4) is 0 Å². The second kappa shape index (κ2) is 6.92. The molecule has 1 atom stereocenters. The third-order valence-corrected chi connectivity index (χ3v) is 5.02. The number of ether oxygens (including phenoxy) is 1. The van der Waals surface area contributed by atoms with Gasteiger partial charge in [0.05, 0.1) is 4.90 Å². The highest BCUT2D eigenvalue weighted by Crippen LogP contribution is 2.27. The molecule has 0 heterocycles. The number of methoxy groups -OCH3 is 1. The summed E-state index contributed by atoms with van der Waals surface area (Å²) in [5.41, 5.74) is -1.15. The van der Waals surface area contributed by atoms with Crippen LogP contribution in [0, 0.1) is 17.5 Å². The summed E-state index contributed by atoms with van der Waals surface area (Å²) in [5, 5.41) is 0. The number of sulfonamides is 1. The molecule has 0 aliphatic heterocycles. The predicted molar refractivity (Wildman–Crippen MR) is 82.3 cm³/mol. The van der Waals surface area contributed by atoms with Gasteiger partial charge in [-0.2, -0.15) is 0 Å². The second-order valence-corrected chi connectivity index (χ2v) is 7.11. The van der Waals surface area contributed by atoms with Crippen molar-refractivity contribution in [2.75, 3.05) is 13.7 Å². The highest BCUT2D eigenvalue weighted by atomic mass is 32.2. The summed E-state index contributed by atoms with van der Waals surface area (Å²) >= 11 is 0. The zero-order valence-electron chi connectivity index (χ0n) is 13.0. The number of rotatable bonds is 6. The molecule has 0 aliphatic rings. The Morgan fingerprint density at radius 2 is 1.67 bits per heavy atom. The molecule has 130 valence electrons. The molecule has 2 aromatic rings. The Labute approximate surface area is 138 Å². The van der Waals surface area contributed by atoms with Crippen LogP contribution in [0.2, 0.25) is 0 Å². The lowest BCUT2D eigenvalue weighted by Crippen LogP contribution is -2.40. The maximum absolute atomic E-state index is 14.0. The van der Waals surface area contributed by atoms with Gasteiger partial charge in [0.15, 0.2) is 0 Å². The van der Waals surface area contributed by atoms with Crippen molar-refractivity contribution in [3.05, 3.63) is 65.5 Å². The van der Waals surface area contributed by atoms with Crippen molar-refractivity contribution in [3.8, 4) is 0 Å². The standard InChI is InChI=1S/C16H16F3NO3S/c1-16(23-2,14-5-3-4-6-15(14)19)10-20-24(21,22)13-8-11(17)7-12(18)9-13/h3-9,20H,10H2,1-2H3. The second-order valence-electron chi connectivity index (χ2n) is 5.34. The molecule has 0 amide bonds. The normalized spacial score (nSPS) is 14.4. The van der Waals surface area contributed by atoms with E-state index in [4.69, 9.17) is 4.74 Å². The van der Waals surface area contributed by atoms with E-state index >= 15 is 0 Å². The fourth-order valence-corrected chi connectivity index (χ4v) is 3.33. The summed E-state index contributed by atoms with van der Waals surface area (Å²) in [4.78, 5) is -0.563. The van der Waals surface area contributed by atoms with Gasteiger partial charge in [0.25, 0.3) is 0 Å². The minimum Gasteiger partial charge on any atom is -0.372 e. The highest BCUT2D eigenvalue weighted by molar-refractivity contribution is 7.89. The molecule has 0 aromatic heterocycles. The van der Waals surface area contributed by atoms with Crippen LogP contribution in [0.1, 0.15) is 12.5 Å². The third-order valence-electron chi connectivity index (χ3n) is 3.64. The average molecular weight is 359 g/mol. The first-order chi connectivity index (χ1) is 11.2. The van der Waals surface area contributed by atoms with Gasteiger partial charge in [0.2, 0.25) is 10.0 Å². The molecule has 1 unspecified atom stereocenters. The summed E-state index contributed by atoms with van der Waals surface area (Å²) in [6.07, 6.45) is 0. The van der Waals surface area contributed by atoms with E-state index in [0.29, 0.717) is 18.2 Å². The fourth-order valence-electron chi connectivity index (χ4n) is 2.17. The van der Waals surface area contributed by atoms with Gasteiger partial charge in [-0.3, -0.25) is 0 Å². The molecule has 1 N–H and O–H groups in total. The van der Waals surface area contributed by atoms with Crippen LogP contribution >= 0.6 is 0 Å². The van der Waals surface area contributed by atoms with Gasteiger partial charge in [0, 0.05) is 25.3 Å². The van der Waals surface area contributed by atoms with Crippen molar-refractivity contribution >= 4 is 10.0 Å². The van der Waals surface area contributed by atoms with E-state index in [0.717, 1.165) is 0 Å². The molecule has 0 bridgehead atoms. The minimum absolute atomic E-state index is 0.153. The van der Waals surface area contributed by atoms with Crippen LogP contribution in [0.5, 0.6) is 0 Å². The van der Waals surface area contributed by atoms with Gasteiger partial charge >= 0.3 is 0 Å². The molecular weight excluding hydrogens is 343 g/mol. The fraction of sp³-hybridized carbons (Fsp3) is 0.250. The Morgan fingerprint density at radius 1 is 1.08 bits per heavy atom. The first kappa shape index (κ1) is 18.4. The number of halogens is 3. The van der Waals surface area contributed by atoms with Gasteiger partial charge < -0.3 is 4.74 Å². The average Bonchev–Trinajstić information content (AvgIpc) is 2.52. The largest absolute Gasteiger partial charge is 0.372 e. The Bertz CT molecular complexity index is 822. The Balaban J connectivity index is 2.28. The Hall–Kier alpha value is -1.90. The third kappa shape index (κ3) is 3.95. The van der Waals surface area contributed by atoms with Crippen LogP contribution < -0.4 is 4.72 Å². The number of nitrogens with one attached hydrogen (secondary N) is 1. The van der Waals surface area contributed by atoms with E-state index < -0.39 is 38.0 Å². The zero-order valence-corrected chi connectivity index (χ0v) is 13.8. The van der Waals surface area contributed by atoms with Crippen LogP contribution in [0.25, 0.3) is 0 Å². The topological polar surface area (TPSA) is 55.4 Å². The van der Waals surface area contributed by atoms with Gasteiger partial charge in [-0.1, -0.05) is 18.2 Å². The lowest BCUT2D eigenvalue weighted by atomic mass is 9.95. The zero-order chi connectivity index (χ0) is 18.0. The SMILES string of the molecule is COC(C)(CNS(=O)(=O)c1cc(F)cc(F)c1)c1ccccc1F. The van der Waals surface area contributed by atoms with Gasteiger partial charge in [-0.15, -0.1) is 0 Å². The van der Waals surface area contributed by atoms with Crippen LogP contribution in [0.4, 0.5) is 13.2 Å². The Kier molecular flexibility index (Phi) is 5.32. The predicted octanol–water partition coefficient (Wildman–Crippen LogP) is 2.94. The lowest BCUT2D eigenvalue weighted by Gasteiger charge is -2.29. The summed E-state index contributed by atoms with van der Waals surface area (Å²) in [6.45, 7) is 1.17. The maximum Gasteiger partial charge on any atom is 0.240 e. The van der Waals surface area contributed by atoms with Gasteiger partial charge in [0.1, 0.15) is 23.1 Å². The van der Waals surface area contributed by atoms with Crippen LogP contribution in [-0.4, -0.2) is 22.1 Å². The van der Waals surface area contributed by atoms with Crippen molar-refractivity contribution in [1.82, 2.24) is 4.72 Å². The number of hydrogen-bond acceptors (Lipinski definition) is 3. The van der Waals surface area contributed by atoms with Gasteiger partial charge in [-0.25, -0.2) is 26.3 Å². The van der Waals surface area contributed by atoms with E-state index in [1.54, 1.807) is 6.07 Å². The molecule has 8 heteroatoms. The van der Waals surface area contributed by atoms with E-state index in [1.807, 2.05) is 0 Å². The van der Waals surface area contributed by atoms with Crippen molar-refractivity contribution < 1.29 is 26.3 Å². The molecule has 0 saturated heterocycles. The van der Waals surface area contributed by atoms with Crippen molar-refractivity contribution in [1.29, 1.82) is 0 Å². The quantitative estimate of drug-likeness (QED) is 0.863. The molecule has 2 aromatic carbocycles. The van der Waals surface area contributed by atoms with E-state index in [-0.39, 0.29) is 12.1 Å². The van der Waals surface area contributed by atoms with E-state index in [9.17, 15) is 21.6 Å². The minimum atomic E-state index is -4.20. The van der Waals surface area contributed by atoms with E-state index in [1.165, 1.54) is 32.2 Å². The molecule has 0 radical (unpaired) electrons. The van der Waals surface area contributed by atoms with Crippen molar-refractivity contribution in [3.63, 3.8) is 0 Å². The summed E-state index contributed by atoms with van der Waals surface area (Å²) in [6, 6.07) is 7.73. The van der Waals surface area contributed by atoms with E-state index in [2.05, 4.69) is 4.72 Å². The molecular formula is C16H16F3NO3S. The first-order valence-electron chi connectivity index (χ1n) is 6.94. The Morgan fingerprint density at radius 3 is 2.21 bits per heavy atom. The molecule has 0 spiro atoms. The molecule has 24 heavy (non-hydrogen) atoms.